The van der Waals surface area contributed by atoms with Gasteiger partial charge in [-0.2, -0.15) is 0 Å². The van der Waals surface area contributed by atoms with Gasteiger partial charge >= 0.3 is 11.9 Å². The van der Waals surface area contributed by atoms with Gasteiger partial charge in [0.05, 0.1) is 11.8 Å². The predicted octanol–water partition coefficient (Wildman–Crippen LogP) is 8.28. The molecule has 8 heteroatoms. The fourth-order valence-electron chi connectivity index (χ4n) is 5.83. The minimum Gasteiger partial charge on any atom is -0.318 e. The first-order valence-corrected chi connectivity index (χ1v) is 16.2. The molecule has 0 bridgehead atoms. The molecular weight excluding hydrogens is 556 g/mol. The third-order valence-electron chi connectivity index (χ3n) is 8.63. The van der Waals surface area contributed by atoms with E-state index in [4.69, 9.17) is 9.68 Å². The summed E-state index contributed by atoms with van der Waals surface area (Å²) < 4.78 is 0. The molecule has 2 aromatic carbocycles. The summed E-state index contributed by atoms with van der Waals surface area (Å²) in [5, 5.41) is 7.88. The smallest absolute Gasteiger partial charge is 0.318 e. The van der Waals surface area contributed by atoms with Crippen molar-refractivity contribution in [2.75, 3.05) is 0 Å². The Balaban J connectivity index is 1.38. The number of benzene rings is 2. The molecule has 0 heterocycles. The number of nitrogens with zero attached hydrogens (tertiary/aromatic N) is 2. The van der Waals surface area contributed by atoms with Gasteiger partial charge in [0.25, 0.3) is 0 Å². The highest BCUT2D eigenvalue weighted by atomic mass is 16.7. The van der Waals surface area contributed by atoms with Gasteiger partial charge in [-0.3, -0.25) is 9.59 Å². The Morgan fingerprint density at radius 2 is 1.09 bits per heavy atom. The van der Waals surface area contributed by atoms with Crippen molar-refractivity contribution in [1.29, 1.82) is 0 Å². The molecule has 0 aromatic heterocycles. The van der Waals surface area contributed by atoms with E-state index in [0.717, 1.165) is 94.6 Å². The van der Waals surface area contributed by atoms with Crippen molar-refractivity contribution in [3.8, 4) is 11.1 Å². The molecule has 234 valence electrons. The van der Waals surface area contributed by atoms with Crippen LogP contribution in [0.25, 0.3) is 11.1 Å². The summed E-state index contributed by atoms with van der Waals surface area (Å²) in [5.41, 5.74) is 3.04. The lowest BCUT2D eigenvalue weighted by molar-refractivity contribution is -0.150. The van der Waals surface area contributed by atoms with Crippen LogP contribution < -0.4 is 0 Å². The SMILES string of the molecule is CCCCCC(=NOC(=O)C1CCCCC1)C(=O)c1ccc(-c2ccc(C(=O)C(C)=NOC(=O)C3CCCCC3)cc2)cc1. The molecule has 2 aliphatic carbocycles. The molecule has 2 saturated carbocycles. The zero-order valence-electron chi connectivity index (χ0n) is 26.0. The maximum absolute atomic E-state index is 13.3. The zero-order chi connectivity index (χ0) is 31.3. The van der Waals surface area contributed by atoms with Gasteiger partial charge in [0.2, 0.25) is 11.6 Å². The van der Waals surface area contributed by atoms with Crippen molar-refractivity contribution in [2.24, 2.45) is 22.1 Å². The van der Waals surface area contributed by atoms with Crippen molar-refractivity contribution < 1.29 is 28.9 Å². The fourth-order valence-corrected chi connectivity index (χ4v) is 5.83. The number of rotatable bonds is 13. The van der Waals surface area contributed by atoms with E-state index >= 15 is 0 Å². The molecule has 0 amide bonds. The van der Waals surface area contributed by atoms with Gasteiger partial charge in [0.1, 0.15) is 11.4 Å². The van der Waals surface area contributed by atoms with E-state index in [9.17, 15) is 19.2 Å². The Morgan fingerprint density at radius 1 is 0.636 bits per heavy atom. The van der Waals surface area contributed by atoms with Crippen LogP contribution in [0.2, 0.25) is 0 Å². The van der Waals surface area contributed by atoms with Crippen LogP contribution in [0.15, 0.2) is 58.8 Å². The lowest BCUT2D eigenvalue weighted by Crippen LogP contribution is -2.21. The van der Waals surface area contributed by atoms with E-state index in [2.05, 4.69) is 17.2 Å². The second-order valence-corrected chi connectivity index (χ2v) is 12.0. The van der Waals surface area contributed by atoms with Crippen LogP contribution >= 0.6 is 0 Å². The molecule has 0 aliphatic heterocycles. The number of hydrogen-bond acceptors (Lipinski definition) is 8. The molecule has 0 spiro atoms. The number of unbranched alkanes of at least 4 members (excludes halogenated alkanes) is 2. The highest BCUT2D eigenvalue weighted by Crippen LogP contribution is 2.26. The summed E-state index contributed by atoms with van der Waals surface area (Å²) in [5.74, 6) is -1.55. The summed E-state index contributed by atoms with van der Waals surface area (Å²) in [6.45, 7) is 3.63. The summed E-state index contributed by atoms with van der Waals surface area (Å²) in [7, 11) is 0. The Hall–Kier alpha value is -3.94. The highest BCUT2D eigenvalue weighted by Gasteiger charge is 2.25. The number of Topliss-reactive ketones (excluding diaryl/α,β-unsaturated/α-hetero) is 2. The van der Waals surface area contributed by atoms with Gasteiger partial charge in [-0.25, -0.2) is 9.59 Å². The third-order valence-corrected chi connectivity index (χ3v) is 8.63. The number of oxime groups is 2. The molecule has 0 saturated heterocycles. The summed E-state index contributed by atoms with van der Waals surface area (Å²) in [6.07, 6.45) is 12.8. The Kier molecular flexibility index (Phi) is 12.6. The first-order chi connectivity index (χ1) is 21.4. The van der Waals surface area contributed by atoms with Crippen LogP contribution in [-0.2, 0) is 19.3 Å². The van der Waals surface area contributed by atoms with Crippen LogP contribution in [0.3, 0.4) is 0 Å². The van der Waals surface area contributed by atoms with E-state index in [1.54, 1.807) is 24.3 Å². The molecule has 4 rings (SSSR count). The van der Waals surface area contributed by atoms with Crippen LogP contribution in [0, 0.1) is 11.8 Å². The number of carbonyl (C=O) groups excluding carboxylic acids is 4. The van der Waals surface area contributed by atoms with E-state index in [-0.39, 0.29) is 46.8 Å². The Labute approximate surface area is 260 Å². The van der Waals surface area contributed by atoms with Gasteiger partial charge in [0, 0.05) is 11.1 Å². The topological polar surface area (TPSA) is 111 Å². The van der Waals surface area contributed by atoms with Crippen molar-refractivity contribution in [3.05, 3.63) is 59.7 Å². The normalized spacial score (nSPS) is 16.8. The zero-order valence-corrected chi connectivity index (χ0v) is 26.0. The third kappa shape index (κ3) is 9.28. The van der Waals surface area contributed by atoms with Gasteiger partial charge < -0.3 is 9.68 Å². The maximum Gasteiger partial charge on any atom is 0.338 e. The van der Waals surface area contributed by atoms with Crippen molar-refractivity contribution in [3.63, 3.8) is 0 Å². The quantitative estimate of drug-likeness (QED) is 0.0752. The number of hydrogen-bond donors (Lipinski definition) is 0. The molecule has 0 atom stereocenters. The van der Waals surface area contributed by atoms with Crippen molar-refractivity contribution in [2.45, 2.75) is 104 Å². The van der Waals surface area contributed by atoms with E-state index in [0.29, 0.717) is 17.5 Å². The standard InChI is InChI=1S/C36H44N2O6/c1-3-4-7-16-32(38-44-36(42)31-14-10-6-11-15-31)34(40)29-23-19-27(20-24-29)26-17-21-28(22-18-26)33(39)25(2)37-43-35(41)30-12-8-5-9-13-30/h17-24,30-31H,3-16H2,1-2H3. The fraction of sp³-hybridized carbons (Fsp3) is 0.500. The number of carbonyl (C=O) groups is 4. The first kappa shape index (κ1) is 33.0. The van der Waals surface area contributed by atoms with Gasteiger partial charge in [0.15, 0.2) is 0 Å². The van der Waals surface area contributed by atoms with Gasteiger partial charge in [-0.1, -0.05) is 117 Å². The molecule has 0 radical (unpaired) electrons. The van der Waals surface area contributed by atoms with Crippen LogP contribution in [-0.4, -0.2) is 34.9 Å². The van der Waals surface area contributed by atoms with Gasteiger partial charge in [-0.15, -0.1) is 0 Å². The first-order valence-electron chi connectivity index (χ1n) is 16.2. The molecule has 8 nitrogen and oxygen atoms in total. The van der Waals surface area contributed by atoms with E-state index in [1.807, 2.05) is 24.3 Å². The maximum atomic E-state index is 13.3. The molecule has 0 N–H and O–H groups in total. The molecule has 0 unspecified atom stereocenters. The second kappa shape index (κ2) is 16.8. The number of ketones is 2. The minimum absolute atomic E-state index is 0.116. The molecule has 2 aliphatic rings. The van der Waals surface area contributed by atoms with E-state index in [1.165, 1.54) is 6.92 Å². The summed E-state index contributed by atoms with van der Waals surface area (Å²) >= 11 is 0. The molecule has 2 fully saturated rings. The largest absolute Gasteiger partial charge is 0.338 e. The highest BCUT2D eigenvalue weighted by molar-refractivity contribution is 6.46. The lowest BCUT2D eigenvalue weighted by Gasteiger charge is -2.18. The molecular formula is C36H44N2O6. The molecule has 44 heavy (non-hydrogen) atoms. The van der Waals surface area contributed by atoms with Gasteiger partial charge in [-0.05, 0) is 56.6 Å². The summed E-state index contributed by atoms with van der Waals surface area (Å²) in [4.78, 5) is 61.3. The average Bonchev–Trinajstić information content (AvgIpc) is 3.08. The lowest BCUT2D eigenvalue weighted by atomic mass is 9.89. The van der Waals surface area contributed by atoms with Crippen molar-refractivity contribution >= 4 is 34.9 Å². The monoisotopic (exact) mass is 600 g/mol. The minimum atomic E-state index is -0.367. The Morgan fingerprint density at radius 3 is 1.57 bits per heavy atom. The average molecular weight is 601 g/mol. The van der Waals surface area contributed by atoms with Crippen LogP contribution in [0.4, 0.5) is 0 Å². The van der Waals surface area contributed by atoms with Crippen LogP contribution in [0.1, 0.15) is 124 Å². The molecule has 2 aromatic rings. The summed E-state index contributed by atoms with van der Waals surface area (Å²) in [6, 6.07) is 14.2. The Bertz CT molecular complexity index is 1350. The van der Waals surface area contributed by atoms with Crippen molar-refractivity contribution in [1.82, 2.24) is 0 Å². The van der Waals surface area contributed by atoms with Crippen LogP contribution in [0.5, 0.6) is 0 Å². The van der Waals surface area contributed by atoms with E-state index < -0.39 is 0 Å². The predicted molar refractivity (Wildman–Crippen MR) is 171 cm³/mol. The second-order valence-electron chi connectivity index (χ2n) is 12.0.